The Morgan fingerprint density at radius 2 is 1.58 bits per heavy atom. The van der Waals surface area contributed by atoms with Gasteiger partial charge in [-0.1, -0.05) is 40.7 Å². The second kappa shape index (κ2) is 8.22. The molecule has 0 aliphatic rings. The van der Waals surface area contributed by atoms with Crippen molar-refractivity contribution in [2.24, 2.45) is 0 Å². The second-order valence-corrected chi connectivity index (χ2v) is 6.07. The molecule has 2 rings (SSSR count). The molecule has 24 heavy (non-hydrogen) atoms. The summed E-state index contributed by atoms with van der Waals surface area (Å²) in [5.74, 6) is 2.45. The molecule has 124 valence electrons. The number of nitriles is 1. The first-order valence-corrected chi connectivity index (χ1v) is 7.86. The largest absolute Gasteiger partial charge is 0.324 e. The van der Waals surface area contributed by atoms with Crippen molar-refractivity contribution in [3.8, 4) is 18.4 Å². The van der Waals surface area contributed by atoms with Gasteiger partial charge in [-0.2, -0.15) is 5.26 Å². The van der Waals surface area contributed by atoms with Crippen LogP contribution >= 0.6 is 34.8 Å². The molecule has 0 saturated carbocycles. The van der Waals surface area contributed by atoms with Crippen molar-refractivity contribution in [1.82, 2.24) is 9.97 Å². The third-order valence-corrected chi connectivity index (χ3v) is 4.71. The number of hydrogen-bond donors (Lipinski definition) is 1. The topological polar surface area (TPSA) is 69.5 Å². The van der Waals surface area contributed by atoms with Gasteiger partial charge in [0.05, 0.1) is 21.3 Å². The standard InChI is InChI=1S/C9H7Cl2N.C8H7ClN2O/c1-4-7-5(2)8(10)6(3)12-9(7)11;1-4-6(3-10)8(12)11-5(2)7(4)9/h1H,2-3H3;1-2H3,(H,11,12). The predicted octanol–water partition coefficient (Wildman–Crippen LogP) is 4.50. The minimum absolute atomic E-state index is 0.0885. The van der Waals surface area contributed by atoms with Gasteiger partial charge in [-0.3, -0.25) is 4.79 Å². The van der Waals surface area contributed by atoms with E-state index >= 15 is 0 Å². The fraction of sp³-hybridized carbons (Fsp3) is 0.235. The van der Waals surface area contributed by atoms with Crippen LogP contribution in [0.1, 0.15) is 33.6 Å². The summed E-state index contributed by atoms with van der Waals surface area (Å²) < 4.78 is 0. The van der Waals surface area contributed by atoms with Gasteiger partial charge in [0.15, 0.2) is 0 Å². The molecule has 0 saturated heterocycles. The van der Waals surface area contributed by atoms with Crippen molar-refractivity contribution in [3.05, 3.63) is 59.2 Å². The lowest BCUT2D eigenvalue weighted by atomic mass is 10.1. The Hall–Kier alpha value is -1.98. The summed E-state index contributed by atoms with van der Waals surface area (Å²) in [6.45, 7) is 6.97. The van der Waals surface area contributed by atoms with Crippen molar-refractivity contribution in [2.45, 2.75) is 27.7 Å². The molecule has 0 atom stereocenters. The highest BCUT2D eigenvalue weighted by Crippen LogP contribution is 2.26. The maximum Gasteiger partial charge on any atom is 0.266 e. The zero-order chi connectivity index (χ0) is 18.6. The molecule has 0 bridgehead atoms. The third-order valence-electron chi connectivity index (χ3n) is 3.31. The highest BCUT2D eigenvalue weighted by Gasteiger charge is 2.10. The molecular weight excluding hydrogens is 369 g/mol. The lowest BCUT2D eigenvalue weighted by Gasteiger charge is -2.05. The average molecular weight is 383 g/mol. The molecule has 2 aromatic heterocycles. The second-order valence-electron chi connectivity index (χ2n) is 4.95. The molecule has 0 aromatic carbocycles. The lowest BCUT2D eigenvalue weighted by Crippen LogP contribution is -2.13. The van der Waals surface area contributed by atoms with Gasteiger partial charge >= 0.3 is 0 Å². The molecule has 0 unspecified atom stereocenters. The zero-order valence-corrected chi connectivity index (χ0v) is 15.8. The predicted molar refractivity (Wildman–Crippen MR) is 97.9 cm³/mol. The van der Waals surface area contributed by atoms with Crippen LogP contribution in [0.3, 0.4) is 0 Å². The lowest BCUT2D eigenvalue weighted by molar-refractivity contribution is 1.10. The molecule has 0 aliphatic carbocycles. The number of H-pyrrole nitrogens is 1. The number of aromatic amines is 1. The number of nitrogens with zero attached hydrogens (tertiary/aromatic N) is 2. The van der Waals surface area contributed by atoms with E-state index in [9.17, 15) is 4.79 Å². The molecule has 0 radical (unpaired) electrons. The highest BCUT2D eigenvalue weighted by molar-refractivity contribution is 6.34. The van der Waals surface area contributed by atoms with Crippen LogP contribution in [0.15, 0.2) is 4.79 Å². The average Bonchev–Trinajstić information content (AvgIpc) is 2.52. The summed E-state index contributed by atoms with van der Waals surface area (Å²) in [6, 6.07) is 1.80. The molecule has 0 aliphatic heterocycles. The van der Waals surface area contributed by atoms with Crippen LogP contribution in [0, 0.1) is 51.4 Å². The van der Waals surface area contributed by atoms with E-state index in [1.807, 2.05) is 6.92 Å². The minimum atomic E-state index is -0.378. The Balaban J connectivity index is 0.000000240. The highest BCUT2D eigenvalue weighted by atomic mass is 35.5. The van der Waals surface area contributed by atoms with E-state index in [2.05, 4.69) is 15.9 Å². The van der Waals surface area contributed by atoms with Gasteiger partial charge < -0.3 is 4.98 Å². The van der Waals surface area contributed by atoms with Gasteiger partial charge in [-0.05, 0) is 38.8 Å². The summed E-state index contributed by atoms with van der Waals surface area (Å²) >= 11 is 17.5. The maximum absolute atomic E-state index is 11.1. The van der Waals surface area contributed by atoms with E-state index < -0.39 is 0 Å². The van der Waals surface area contributed by atoms with E-state index in [0.717, 1.165) is 5.56 Å². The zero-order valence-electron chi connectivity index (χ0n) is 13.5. The normalized spacial score (nSPS) is 9.54. The summed E-state index contributed by atoms with van der Waals surface area (Å²) in [5, 5.41) is 9.97. The van der Waals surface area contributed by atoms with E-state index in [1.54, 1.807) is 26.8 Å². The van der Waals surface area contributed by atoms with Crippen molar-refractivity contribution < 1.29 is 0 Å². The van der Waals surface area contributed by atoms with Crippen molar-refractivity contribution in [2.75, 3.05) is 0 Å². The fourth-order valence-electron chi connectivity index (χ4n) is 1.94. The molecular formula is C17H14Cl3N3O. The summed E-state index contributed by atoms with van der Waals surface area (Å²) in [4.78, 5) is 17.6. The number of aryl methyl sites for hydroxylation is 2. The monoisotopic (exact) mass is 381 g/mol. The number of terminal acetylenes is 1. The van der Waals surface area contributed by atoms with Crippen LogP contribution in [0.4, 0.5) is 0 Å². The van der Waals surface area contributed by atoms with E-state index in [4.69, 9.17) is 46.5 Å². The van der Waals surface area contributed by atoms with Crippen LogP contribution in [0.25, 0.3) is 0 Å². The van der Waals surface area contributed by atoms with E-state index in [-0.39, 0.29) is 11.1 Å². The Morgan fingerprint density at radius 1 is 1.04 bits per heavy atom. The Morgan fingerprint density at radius 3 is 2.08 bits per heavy atom. The molecule has 0 amide bonds. The first-order chi connectivity index (χ1) is 11.1. The molecule has 2 heterocycles. The molecule has 2 aromatic rings. The number of hydrogen-bond acceptors (Lipinski definition) is 3. The Kier molecular flexibility index (Phi) is 6.87. The number of nitrogens with one attached hydrogen (secondary N) is 1. The van der Waals surface area contributed by atoms with Crippen molar-refractivity contribution in [3.63, 3.8) is 0 Å². The molecule has 7 heteroatoms. The molecule has 1 N–H and O–H groups in total. The van der Waals surface area contributed by atoms with Gasteiger partial charge in [0, 0.05) is 5.69 Å². The number of aromatic nitrogens is 2. The van der Waals surface area contributed by atoms with Crippen LogP contribution in [0.5, 0.6) is 0 Å². The first-order valence-electron chi connectivity index (χ1n) is 6.73. The van der Waals surface area contributed by atoms with Gasteiger partial charge in [0.25, 0.3) is 5.56 Å². The number of halogens is 3. The SMILES string of the molecule is C#Cc1c(Cl)nc(C)c(Cl)c1C.Cc1[nH]c(=O)c(C#N)c(C)c1Cl. The fourth-order valence-corrected chi connectivity index (χ4v) is 2.54. The minimum Gasteiger partial charge on any atom is -0.324 e. The number of rotatable bonds is 0. The quantitative estimate of drug-likeness (QED) is 0.538. The van der Waals surface area contributed by atoms with Crippen LogP contribution < -0.4 is 5.56 Å². The molecule has 0 fully saturated rings. The van der Waals surface area contributed by atoms with Gasteiger partial charge in [-0.25, -0.2) is 4.98 Å². The smallest absolute Gasteiger partial charge is 0.266 e. The summed E-state index contributed by atoms with van der Waals surface area (Å²) in [6.07, 6.45) is 5.24. The van der Waals surface area contributed by atoms with Crippen LogP contribution in [0.2, 0.25) is 15.2 Å². The van der Waals surface area contributed by atoms with Crippen molar-refractivity contribution in [1.29, 1.82) is 5.26 Å². The van der Waals surface area contributed by atoms with Gasteiger partial charge in [0.1, 0.15) is 16.8 Å². The summed E-state index contributed by atoms with van der Waals surface area (Å²) in [5.41, 5.74) is 2.95. The van der Waals surface area contributed by atoms with E-state index in [1.165, 1.54) is 0 Å². The van der Waals surface area contributed by atoms with E-state index in [0.29, 0.717) is 37.7 Å². The van der Waals surface area contributed by atoms with Crippen molar-refractivity contribution >= 4 is 34.8 Å². The number of pyridine rings is 2. The Labute approximate surface area is 155 Å². The summed E-state index contributed by atoms with van der Waals surface area (Å²) in [7, 11) is 0. The maximum atomic E-state index is 11.1. The van der Waals surface area contributed by atoms with Gasteiger partial charge in [-0.15, -0.1) is 6.42 Å². The van der Waals surface area contributed by atoms with Crippen LogP contribution in [-0.2, 0) is 0 Å². The molecule has 0 spiro atoms. The molecule has 4 nitrogen and oxygen atoms in total. The van der Waals surface area contributed by atoms with Gasteiger partial charge in [0.2, 0.25) is 0 Å². The third kappa shape index (κ3) is 4.10. The van der Waals surface area contributed by atoms with Crippen LogP contribution in [-0.4, -0.2) is 9.97 Å². The first kappa shape index (κ1) is 20.1. The Bertz CT molecular complexity index is 934.